The van der Waals surface area contributed by atoms with Crippen LogP contribution in [0.25, 0.3) is 0 Å². The van der Waals surface area contributed by atoms with Crippen LogP contribution in [-0.2, 0) is 4.74 Å². The largest absolute Gasteiger partial charge is 0.390 e. The van der Waals surface area contributed by atoms with Gasteiger partial charge in [0.2, 0.25) is 0 Å². The maximum atomic E-state index is 9.81. The molecule has 2 fully saturated rings. The summed E-state index contributed by atoms with van der Waals surface area (Å²) in [4.78, 5) is 2.38. The van der Waals surface area contributed by atoms with Gasteiger partial charge in [-0.25, -0.2) is 0 Å². The smallest absolute Gasteiger partial charge is 0.0831 e. The zero-order valence-electron chi connectivity index (χ0n) is 9.48. The van der Waals surface area contributed by atoms with E-state index < -0.39 is 0 Å². The molecule has 0 aromatic heterocycles. The number of nitrogens with zero attached hydrogens (tertiary/aromatic N) is 1. The Morgan fingerprint density at radius 3 is 3.00 bits per heavy atom. The summed E-state index contributed by atoms with van der Waals surface area (Å²) in [6.07, 6.45) is 2.52. The highest BCUT2D eigenvalue weighted by atomic mass is 16.5. The molecule has 15 heavy (non-hydrogen) atoms. The first-order valence-electron chi connectivity index (χ1n) is 6.05. The summed E-state index contributed by atoms with van der Waals surface area (Å²) < 4.78 is 5.66. The van der Waals surface area contributed by atoms with Gasteiger partial charge in [-0.15, -0.1) is 0 Å². The van der Waals surface area contributed by atoms with E-state index in [9.17, 15) is 5.11 Å². The number of nitrogens with one attached hydrogen (secondary N) is 1. The number of rotatable bonds is 3. The number of aliphatic hydroxyl groups is 1. The molecule has 0 spiro atoms. The van der Waals surface area contributed by atoms with Crippen LogP contribution >= 0.6 is 0 Å². The third-order valence-corrected chi connectivity index (χ3v) is 3.43. The molecule has 4 heteroatoms. The quantitative estimate of drug-likeness (QED) is 0.684. The Hall–Kier alpha value is -0.160. The molecule has 3 atom stereocenters. The molecule has 2 rings (SSSR count). The van der Waals surface area contributed by atoms with E-state index in [1.165, 1.54) is 12.8 Å². The minimum absolute atomic E-state index is 0.203. The van der Waals surface area contributed by atoms with Crippen molar-refractivity contribution in [3.8, 4) is 0 Å². The Morgan fingerprint density at radius 2 is 2.33 bits per heavy atom. The van der Waals surface area contributed by atoms with E-state index in [2.05, 4.69) is 10.2 Å². The number of ether oxygens (including phenoxy) is 1. The second-order valence-corrected chi connectivity index (χ2v) is 4.51. The Labute approximate surface area is 91.6 Å². The lowest BCUT2D eigenvalue weighted by Crippen LogP contribution is -2.50. The average Bonchev–Trinajstić information content (AvgIpc) is 2.65. The number of aliphatic hydroxyl groups excluding tert-OH is 1. The predicted molar refractivity (Wildman–Crippen MR) is 58.9 cm³/mol. The maximum Gasteiger partial charge on any atom is 0.0831 e. The Morgan fingerprint density at radius 1 is 1.47 bits per heavy atom. The minimum atomic E-state index is -0.203. The van der Waals surface area contributed by atoms with Crippen molar-refractivity contribution >= 4 is 0 Å². The lowest BCUT2D eigenvalue weighted by molar-refractivity contribution is -0.0213. The minimum Gasteiger partial charge on any atom is -0.390 e. The molecule has 2 aliphatic heterocycles. The molecule has 2 heterocycles. The Balaban J connectivity index is 1.86. The van der Waals surface area contributed by atoms with Gasteiger partial charge in [0, 0.05) is 32.3 Å². The number of piperidine rings is 1. The van der Waals surface area contributed by atoms with Crippen molar-refractivity contribution in [1.82, 2.24) is 10.2 Å². The molecule has 2 saturated heterocycles. The van der Waals surface area contributed by atoms with E-state index in [-0.39, 0.29) is 6.10 Å². The van der Waals surface area contributed by atoms with Crippen molar-refractivity contribution in [2.24, 2.45) is 0 Å². The fraction of sp³-hybridized carbons (Fsp3) is 1.00. The molecule has 0 amide bonds. The van der Waals surface area contributed by atoms with Crippen LogP contribution in [-0.4, -0.2) is 61.0 Å². The zero-order valence-corrected chi connectivity index (χ0v) is 9.48. The van der Waals surface area contributed by atoms with Gasteiger partial charge >= 0.3 is 0 Å². The van der Waals surface area contributed by atoms with Gasteiger partial charge < -0.3 is 15.2 Å². The van der Waals surface area contributed by atoms with E-state index in [1.807, 2.05) is 6.92 Å². The summed E-state index contributed by atoms with van der Waals surface area (Å²) in [5, 5.41) is 13.0. The molecule has 0 aliphatic carbocycles. The van der Waals surface area contributed by atoms with Gasteiger partial charge in [0.15, 0.2) is 0 Å². The molecular formula is C11H22N2O2. The predicted octanol–water partition coefficient (Wildman–Crippen LogP) is -0.180. The van der Waals surface area contributed by atoms with E-state index in [1.54, 1.807) is 0 Å². The molecule has 0 radical (unpaired) electrons. The van der Waals surface area contributed by atoms with Crippen LogP contribution in [0.1, 0.15) is 19.8 Å². The van der Waals surface area contributed by atoms with Crippen molar-refractivity contribution in [3.05, 3.63) is 0 Å². The van der Waals surface area contributed by atoms with Gasteiger partial charge in [-0.2, -0.15) is 0 Å². The standard InChI is InChI=1S/C11H22N2O2/c1-2-15-9-4-3-5-13(8-9)10-6-12-7-11(10)14/h9-12,14H,2-8H2,1H3. The third kappa shape index (κ3) is 2.69. The van der Waals surface area contributed by atoms with Gasteiger partial charge in [0.25, 0.3) is 0 Å². The fourth-order valence-corrected chi connectivity index (χ4v) is 2.66. The summed E-state index contributed by atoms with van der Waals surface area (Å²) in [6.45, 7) is 6.58. The van der Waals surface area contributed by atoms with E-state index >= 15 is 0 Å². The van der Waals surface area contributed by atoms with Crippen molar-refractivity contribution in [1.29, 1.82) is 0 Å². The number of β-amino-alcohol motifs (C(OH)–C–C–N with tert-alkyl or cyclic N) is 1. The van der Waals surface area contributed by atoms with Gasteiger partial charge in [0.1, 0.15) is 0 Å². The fourth-order valence-electron chi connectivity index (χ4n) is 2.66. The summed E-state index contributed by atoms with van der Waals surface area (Å²) in [5.41, 5.74) is 0. The molecule has 2 aliphatic rings. The van der Waals surface area contributed by atoms with Crippen LogP contribution in [0.4, 0.5) is 0 Å². The lowest BCUT2D eigenvalue weighted by Gasteiger charge is -2.37. The highest BCUT2D eigenvalue weighted by Crippen LogP contribution is 2.18. The molecule has 0 saturated carbocycles. The highest BCUT2D eigenvalue weighted by molar-refractivity contribution is 4.91. The van der Waals surface area contributed by atoms with Gasteiger partial charge in [-0.3, -0.25) is 4.90 Å². The first-order chi connectivity index (χ1) is 7.31. The summed E-state index contributed by atoms with van der Waals surface area (Å²) in [6, 6.07) is 0.299. The number of hydrogen-bond donors (Lipinski definition) is 2. The summed E-state index contributed by atoms with van der Waals surface area (Å²) in [5.74, 6) is 0. The monoisotopic (exact) mass is 214 g/mol. The Kier molecular flexibility index (Phi) is 3.97. The number of likely N-dealkylation sites (tertiary alicyclic amines) is 1. The molecule has 3 unspecified atom stereocenters. The second-order valence-electron chi connectivity index (χ2n) is 4.51. The van der Waals surface area contributed by atoms with Crippen LogP contribution < -0.4 is 5.32 Å². The first-order valence-corrected chi connectivity index (χ1v) is 6.05. The summed E-state index contributed by atoms with van der Waals surface area (Å²) in [7, 11) is 0. The molecule has 0 aromatic rings. The molecular weight excluding hydrogens is 192 g/mol. The lowest BCUT2D eigenvalue weighted by atomic mass is 10.0. The van der Waals surface area contributed by atoms with E-state index in [4.69, 9.17) is 4.74 Å². The third-order valence-electron chi connectivity index (χ3n) is 3.43. The molecule has 88 valence electrons. The average molecular weight is 214 g/mol. The van der Waals surface area contributed by atoms with Gasteiger partial charge in [-0.1, -0.05) is 0 Å². The number of hydrogen-bond acceptors (Lipinski definition) is 4. The van der Waals surface area contributed by atoms with Gasteiger partial charge in [-0.05, 0) is 26.3 Å². The second kappa shape index (κ2) is 5.25. The van der Waals surface area contributed by atoms with Crippen molar-refractivity contribution in [2.75, 3.05) is 32.8 Å². The van der Waals surface area contributed by atoms with Crippen molar-refractivity contribution < 1.29 is 9.84 Å². The van der Waals surface area contributed by atoms with Crippen molar-refractivity contribution in [3.63, 3.8) is 0 Å². The molecule has 0 aromatic carbocycles. The van der Waals surface area contributed by atoms with Crippen LogP contribution in [0.2, 0.25) is 0 Å². The van der Waals surface area contributed by atoms with Crippen LogP contribution in [0.15, 0.2) is 0 Å². The molecule has 0 bridgehead atoms. The van der Waals surface area contributed by atoms with Crippen LogP contribution in [0, 0.1) is 0 Å². The topological polar surface area (TPSA) is 44.7 Å². The first kappa shape index (κ1) is 11.3. The maximum absolute atomic E-state index is 9.81. The zero-order chi connectivity index (χ0) is 10.7. The molecule has 4 nitrogen and oxygen atoms in total. The van der Waals surface area contributed by atoms with Crippen LogP contribution in [0.5, 0.6) is 0 Å². The normalized spacial score (nSPS) is 38.4. The molecule has 2 N–H and O–H groups in total. The van der Waals surface area contributed by atoms with E-state index in [0.29, 0.717) is 12.1 Å². The van der Waals surface area contributed by atoms with Crippen molar-refractivity contribution in [2.45, 2.75) is 38.0 Å². The van der Waals surface area contributed by atoms with Crippen LogP contribution in [0.3, 0.4) is 0 Å². The summed E-state index contributed by atoms with van der Waals surface area (Å²) >= 11 is 0. The van der Waals surface area contributed by atoms with E-state index in [0.717, 1.165) is 32.8 Å². The Bertz CT molecular complexity index is 199. The SMILES string of the molecule is CCOC1CCCN(C2CNCC2O)C1. The van der Waals surface area contributed by atoms with Gasteiger partial charge in [0.05, 0.1) is 12.2 Å². The highest BCUT2D eigenvalue weighted by Gasteiger charge is 2.33.